The molecule has 0 amide bonds. The number of ether oxygens (including phenoxy) is 1. The van der Waals surface area contributed by atoms with Crippen LogP contribution in [0.3, 0.4) is 0 Å². The van der Waals surface area contributed by atoms with Gasteiger partial charge in [0.05, 0.1) is 13.2 Å². The van der Waals surface area contributed by atoms with Crippen LogP contribution in [0, 0.1) is 5.92 Å². The van der Waals surface area contributed by atoms with E-state index in [0.29, 0.717) is 29.0 Å². The summed E-state index contributed by atoms with van der Waals surface area (Å²) in [4.78, 5) is 4.07. The van der Waals surface area contributed by atoms with Crippen molar-refractivity contribution in [3.8, 4) is 5.88 Å². The van der Waals surface area contributed by atoms with Crippen LogP contribution in [0.4, 0.5) is 0 Å². The maximum Gasteiger partial charge on any atom is 0.232 e. The first kappa shape index (κ1) is 13.3. The van der Waals surface area contributed by atoms with Crippen molar-refractivity contribution in [3.63, 3.8) is 0 Å². The first-order chi connectivity index (χ1) is 7.67. The van der Waals surface area contributed by atoms with E-state index in [1.165, 1.54) is 0 Å². The molecule has 90 valence electrons. The molecule has 3 nitrogen and oxygen atoms in total. The second-order valence-electron chi connectivity index (χ2n) is 3.99. The van der Waals surface area contributed by atoms with Crippen molar-refractivity contribution in [1.29, 1.82) is 0 Å². The predicted octanol–water partition coefficient (Wildman–Crippen LogP) is 3.04. The third-order valence-electron chi connectivity index (χ3n) is 2.33. The third kappa shape index (κ3) is 3.99. The number of rotatable bonds is 6. The van der Waals surface area contributed by atoms with Gasteiger partial charge in [-0.1, -0.05) is 31.9 Å². The molecule has 1 rings (SSSR count). The van der Waals surface area contributed by atoms with Crippen LogP contribution in [0.25, 0.3) is 0 Å². The van der Waals surface area contributed by atoms with Crippen LogP contribution in [0.5, 0.6) is 5.88 Å². The molecule has 1 unspecified atom stereocenters. The Bertz CT molecular complexity index is 331. The summed E-state index contributed by atoms with van der Waals surface area (Å²) in [7, 11) is 0. The molecule has 1 heterocycles. The molecule has 0 fully saturated rings. The van der Waals surface area contributed by atoms with E-state index in [0.717, 1.165) is 12.8 Å². The van der Waals surface area contributed by atoms with E-state index in [2.05, 4.69) is 18.8 Å². The minimum absolute atomic E-state index is 0.0563. The fraction of sp³-hybridized carbons (Fsp3) is 0.583. The van der Waals surface area contributed by atoms with E-state index >= 15 is 0 Å². The molecule has 1 aromatic heterocycles. The summed E-state index contributed by atoms with van der Waals surface area (Å²) in [6, 6.07) is 1.67. The second-order valence-corrected chi connectivity index (χ2v) is 4.40. The summed E-state index contributed by atoms with van der Waals surface area (Å²) in [5, 5.41) is 9.36. The maximum absolute atomic E-state index is 8.90. The molecule has 0 spiro atoms. The quantitative estimate of drug-likeness (QED) is 0.835. The number of aromatic nitrogens is 1. The SMILES string of the molecule is CCCC(C)COc1ncc(CO)cc1Cl. The van der Waals surface area contributed by atoms with Crippen LogP contribution < -0.4 is 4.74 Å². The highest BCUT2D eigenvalue weighted by atomic mass is 35.5. The number of hydrogen-bond donors (Lipinski definition) is 1. The van der Waals surface area contributed by atoms with Crippen LogP contribution in [-0.2, 0) is 6.61 Å². The van der Waals surface area contributed by atoms with Gasteiger partial charge in [0.15, 0.2) is 0 Å². The lowest BCUT2D eigenvalue weighted by Gasteiger charge is -2.12. The lowest BCUT2D eigenvalue weighted by molar-refractivity contribution is 0.242. The molecule has 0 aliphatic carbocycles. The molecule has 4 heteroatoms. The molecule has 16 heavy (non-hydrogen) atoms. The number of nitrogens with zero attached hydrogens (tertiary/aromatic N) is 1. The van der Waals surface area contributed by atoms with Crippen LogP contribution in [0.15, 0.2) is 12.3 Å². The first-order valence-corrected chi connectivity index (χ1v) is 5.93. The minimum atomic E-state index is -0.0563. The molecule has 0 aromatic carbocycles. The lowest BCUT2D eigenvalue weighted by atomic mass is 10.1. The topological polar surface area (TPSA) is 42.4 Å². The zero-order chi connectivity index (χ0) is 12.0. The molecular formula is C12H18ClNO2. The van der Waals surface area contributed by atoms with Crippen molar-refractivity contribution >= 4 is 11.6 Å². The zero-order valence-corrected chi connectivity index (χ0v) is 10.5. The Kier molecular flexibility index (Phi) is 5.56. The summed E-state index contributed by atoms with van der Waals surface area (Å²) >= 11 is 5.97. The van der Waals surface area contributed by atoms with Gasteiger partial charge in [-0.25, -0.2) is 4.98 Å². The largest absolute Gasteiger partial charge is 0.476 e. The van der Waals surface area contributed by atoms with Crippen LogP contribution >= 0.6 is 11.6 Å². The average molecular weight is 244 g/mol. The van der Waals surface area contributed by atoms with Gasteiger partial charge in [0.1, 0.15) is 5.02 Å². The van der Waals surface area contributed by atoms with Crippen molar-refractivity contribution in [2.75, 3.05) is 6.61 Å². The van der Waals surface area contributed by atoms with Crippen LogP contribution in [0.2, 0.25) is 5.02 Å². The van der Waals surface area contributed by atoms with Gasteiger partial charge in [-0.3, -0.25) is 0 Å². The van der Waals surface area contributed by atoms with Gasteiger partial charge < -0.3 is 9.84 Å². The summed E-state index contributed by atoms with van der Waals surface area (Å²) in [5.74, 6) is 0.946. The van der Waals surface area contributed by atoms with Gasteiger partial charge in [0.2, 0.25) is 5.88 Å². The van der Waals surface area contributed by atoms with E-state index in [1.807, 2.05) is 0 Å². The number of aliphatic hydroxyl groups is 1. The fourth-order valence-electron chi connectivity index (χ4n) is 1.45. The molecule has 0 radical (unpaired) electrons. The van der Waals surface area contributed by atoms with Crippen molar-refractivity contribution in [3.05, 3.63) is 22.8 Å². The Morgan fingerprint density at radius 3 is 2.88 bits per heavy atom. The van der Waals surface area contributed by atoms with Gasteiger partial charge >= 0.3 is 0 Å². The van der Waals surface area contributed by atoms with Crippen molar-refractivity contribution in [1.82, 2.24) is 4.98 Å². The zero-order valence-electron chi connectivity index (χ0n) is 9.74. The minimum Gasteiger partial charge on any atom is -0.476 e. The second kappa shape index (κ2) is 6.71. The lowest BCUT2D eigenvalue weighted by Crippen LogP contribution is -2.09. The Morgan fingerprint density at radius 2 is 2.31 bits per heavy atom. The highest BCUT2D eigenvalue weighted by Crippen LogP contribution is 2.23. The summed E-state index contributed by atoms with van der Waals surface area (Å²) in [5.41, 5.74) is 0.693. The molecular weight excluding hydrogens is 226 g/mol. The Morgan fingerprint density at radius 1 is 1.56 bits per heavy atom. The normalized spacial score (nSPS) is 12.5. The van der Waals surface area contributed by atoms with E-state index < -0.39 is 0 Å². The van der Waals surface area contributed by atoms with E-state index in [1.54, 1.807) is 12.3 Å². The van der Waals surface area contributed by atoms with Crippen molar-refractivity contribution < 1.29 is 9.84 Å². The Balaban J connectivity index is 2.54. The molecule has 1 aromatic rings. The average Bonchev–Trinajstić information content (AvgIpc) is 2.27. The van der Waals surface area contributed by atoms with Crippen LogP contribution in [0.1, 0.15) is 32.3 Å². The number of pyridine rings is 1. The van der Waals surface area contributed by atoms with E-state index in [9.17, 15) is 0 Å². The number of hydrogen-bond acceptors (Lipinski definition) is 3. The van der Waals surface area contributed by atoms with Gasteiger partial charge in [-0.2, -0.15) is 0 Å². The third-order valence-corrected chi connectivity index (χ3v) is 2.60. The summed E-state index contributed by atoms with van der Waals surface area (Å²) in [6.45, 7) is 4.86. The summed E-state index contributed by atoms with van der Waals surface area (Å²) in [6.07, 6.45) is 3.85. The number of halogens is 1. The molecule has 1 N–H and O–H groups in total. The molecule has 0 aliphatic heterocycles. The van der Waals surface area contributed by atoms with Gasteiger partial charge in [-0.05, 0) is 24.0 Å². The highest BCUT2D eigenvalue weighted by molar-refractivity contribution is 6.31. The van der Waals surface area contributed by atoms with Crippen molar-refractivity contribution in [2.24, 2.45) is 5.92 Å². The van der Waals surface area contributed by atoms with E-state index in [-0.39, 0.29) is 6.61 Å². The van der Waals surface area contributed by atoms with Crippen LogP contribution in [-0.4, -0.2) is 16.7 Å². The highest BCUT2D eigenvalue weighted by Gasteiger charge is 2.07. The molecule has 0 saturated carbocycles. The predicted molar refractivity (Wildman–Crippen MR) is 64.7 cm³/mol. The van der Waals surface area contributed by atoms with Gasteiger partial charge in [0, 0.05) is 6.20 Å². The van der Waals surface area contributed by atoms with E-state index in [4.69, 9.17) is 21.4 Å². The number of aliphatic hydroxyl groups excluding tert-OH is 1. The summed E-state index contributed by atoms with van der Waals surface area (Å²) < 4.78 is 5.53. The standard InChI is InChI=1S/C12H18ClNO2/c1-3-4-9(2)8-16-12-11(13)5-10(7-15)6-14-12/h5-6,9,15H,3-4,7-8H2,1-2H3. The molecule has 1 atom stereocenters. The van der Waals surface area contributed by atoms with Gasteiger partial charge in [-0.15, -0.1) is 0 Å². The van der Waals surface area contributed by atoms with Gasteiger partial charge in [0.25, 0.3) is 0 Å². The molecule has 0 bridgehead atoms. The maximum atomic E-state index is 8.90. The monoisotopic (exact) mass is 243 g/mol. The Labute approximate surface area is 101 Å². The smallest absolute Gasteiger partial charge is 0.232 e. The molecule has 0 saturated heterocycles. The molecule has 0 aliphatic rings. The first-order valence-electron chi connectivity index (χ1n) is 5.55. The Hall–Kier alpha value is -0.800. The fourth-order valence-corrected chi connectivity index (χ4v) is 1.70. The van der Waals surface area contributed by atoms with Crippen molar-refractivity contribution in [2.45, 2.75) is 33.3 Å².